The molecule has 5 nitrogen and oxygen atoms in total. The Morgan fingerprint density at radius 1 is 1.23 bits per heavy atom. The fourth-order valence-corrected chi connectivity index (χ4v) is 4.27. The Kier molecular flexibility index (Phi) is 7.32. The van der Waals surface area contributed by atoms with Crippen molar-refractivity contribution in [3.8, 4) is 22.8 Å². The van der Waals surface area contributed by atoms with Gasteiger partial charge in [-0.05, 0) is 57.0 Å². The van der Waals surface area contributed by atoms with Crippen molar-refractivity contribution in [2.75, 3.05) is 7.11 Å². The normalized spacial score (nSPS) is 12.0. The summed E-state index contributed by atoms with van der Waals surface area (Å²) in [6.07, 6.45) is 4.19. The maximum absolute atomic E-state index is 13.2. The maximum atomic E-state index is 13.2. The molecule has 0 spiro atoms. The highest BCUT2D eigenvalue weighted by atomic mass is 32.1. The zero-order chi connectivity index (χ0) is 21.7. The largest absolute Gasteiger partial charge is 0.497 e. The van der Waals surface area contributed by atoms with Gasteiger partial charge in [0.2, 0.25) is 0 Å². The third-order valence-corrected chi connectivity index (χ3v) is 6.21. The van der Waals surface area contributed by atoms with Gasteiger partial charge >= 0.3 is 0 Å². The van der Waals surface area contributed by atoms with Crippen LogP contribution in [-0.4, -0.2) is 28.6 Å². The van der Waals surface area contributed by atoms with Crippen molar-refractivity contribution in [1.29, 1.82) is 0 Å². The predicted molar refractivity (Wildman–Crippen MR) is 124 cm³/mol. The SMILES string of the molecule is CCCCC(CC)NC(=O)c1cc(-c2csc(C)n2)n(-c2ccc(OC)cc2)c1C. The van der Waals surface area contributed by atoms with E-state index in [1.165, 1.54) is 0 Å². The van der Waals surface area contributed by atoms with E-state index in [0.717, 1.165) is 59.2 Å². The monoisotopic (exact) mass is 425 g/mol. The van der Waals surface area contributed by atoms with E-state index >= 15 is 0 Å². The lowest BCUT2D eigenvalue weighted by Gasteiger charge is -2.17. The second-order valence-corrected chi connectivity index (χ2v) is 8.60. The van der Waals surface area contributed by atoms with Gasteiger partial charge in [0, 0.05) is 22.8 Å². The smallest absolute Gasteiger partial charge is 0.253 e. The summed E-state index contributed by atoms with van der Waals surface area (Å²) in [4.78, 5) is 17.8. The fourth-order valence-electron chi connectivity index (χ4n) is 3.66. The molecule has 1 N–H and O–H groups in total. The van der Waals surface area contributed by atoms with E-state index in [9.17, 15) is 4.79 Å². The molecule has 2 aromatic heterocycles. The molecule has 1 amide bonds. The Hall–Kier alpha value is -2.60. The molecule has 0 aliphatic carbocycles. The van der Waals surface area contributed by atoms with Gasteiger partial charge in [-0.2, -0.15) is 0 Å². The van der Waals surface area contributed by atoms with Crippen molar-refractivity contribution >= 4 is 17.2 Å². The second kappa shape index (κ2) is 9.94. The molecule has 3 aromatic rings. The molecule has 0 fully saturated rings. The van der Waals surface area contributed by atoms with Crippen LogP contribution in [0.25, 0.3) is 17.1 Å². The second-order valence-electron chi connectivity index (χ2n) is 7.53. The molecule has 0 aliphatic heterocycles. The van der Waals surface area contributed by atoms with E-state index in [1.54, 1.807) is 18.4 Å². The van der Waals surface area contributed by atoms with Crippen LogP contribution in [0.15, 0.2) is 35.7 Å². The molecule has 3 rings (SSSR count). The third-order valence-electron chi connectivity index (χ3n) is 5.44. The molecule has 1 aromatic carbocycles. The topological polar surface area (TPSA) is 56.2 Å². The number of benzene rings is 1. The zero-order valence-electron chi connectivity index (χ0n) is 18.5. The molecule has 0 aliphatic rings. The lowest BCUT2D eigenvalue weighted by atomic mass is 10.1. The van der Waals surface area contributed by atoms with Crippen LogP contribution in [0, 0.1) is 13.8 Å². The molecular formula is C24H31N3O2S. The van der Waals surface area contributed by atoms with E-state index in [-0.39, 0.29) is 11.9 Å². The van der Waals surface area contributed by atoms with Crippen LogP contribution >= 0.6 is 11.3 Å². The average Bonchev–Trinajstić information content (AvgIpc) is 3.34. The number of aromatic nitrogens is 2. The molecule has 0 bridgehead atoms. The van der Waals surface area contributed by atoms with Crippen LogP contribution in [0.3, 0.4) is 0 Å². The molecular weight excluding hydrogens is 394 g/mol. The van der Waals surface area contributed by atoms with Gasteiger partial charge in [0.05, 0.1) is 29.1 Å². The highest BCUT2D eigenvalue weighted by molar-refractivity contribution is 7.09. The van der Waals surface area contributed by atoms with Crippen molar-refractivity contribution in [2.45, 2.75) is 59.4 Å². The summed E-state index contributed by atoms with van der Waals surface area (Å²) in [5, 5.41) is 6.28. The van der Waals surface area contributed by atoms with E-state index < -0.39 is 0 Å². The maximum Gasteiger partial charge on any atom is 0.253 e. The van der Waals surface area contributed by atoms with Crippen molar-refractivity contribution in [1.82, 2.24) is 14.9 Å². The Morgan fingerprint density at radius 2 is 1.97 bits per heavy atom. The number of rotatable bonds is 9. The average molecular weight is 426 g/mol. The summed E-state index contributed by atoms with van der Waals surface area (Å²) in [5.74, 6) is 0.783. The summed E-state index contributed by atoms with van der Waals surface area (Å²) in [6, 6.07) is 10.0. The van der Waals surface area contributed by atoms with Gasteiger partial charge in [-0.15, -0.1) is 11.3 Å². The lowest BCUT2D eigenvalue weighted by molar-refractivity contribution is 0.0932. The molecule has 0 radical (unpaired) electrons. The molecule has 1 unspecified atom stereocenters. The Bertz CT molecular complexity index is 989. The van der Waals surface area contributed by atoms with Crippen LogP contribution in [0.1, 0.15) is 60.6 Å². The molecule has 160 valence electrons. The number of thiazole rings is 1. The van der Waals surface area contributed by atoms with Gasteiger partial charge < -0.3 is 14.6 Å². The first kappa shape index (κ1) is 22.1. The quantitative estimate of drug-likeness (QED) is 0.463. The number of aryl methyl sites for hydroxylation is 1. The van der Waals surface area contributed by atoms with Crippen LogP contribution in [0.2, 0.25) is 0 Å². The van der Waals surface area contributed by atoms with Crippen molar-refractivity contribution in [2.24, 2.45) is 0 Å². The number of hydrogen-bond acceptors (Lipinski definition) is 4. The Morgan fingerprint density at radius 3 is 2.53 bits per heavy atom. The van der Waals surface area contributed by atoms with Crippen molar-refractivity contribution in [3.05, 3.63) is 52.0 Å². The Labute approximate surface area is 183 Å². The number of nitrogens with zero attached hydrogens (tertiary/aromatic N) is 2. The number of ether oxygens (including phenoxy) is 1. The van der Waals surface area contributed by atoms with E-state index in [1.807, 2.05) is 49.6 Å². The Balaban J connectivity index is 2.02. The molecule has 2 heterocycles. The first-order chi connectivity index (χ1) is 14.5. The van der Waals surface area contributed by atoms with Crippen molar-refractivity contribution < 1.29 is 9.53 Å². The molecule has 30 heavy (non-hydrogen) atoms. The van der Waals surface area contributed by atoms with Gasteiger partial charge in [-0.3, -0.25) is 4.79 Å². The number of methoxy groups -OCH3 is 1. The van der Waals surface area contributed by atoms with E-state index in [0.29, 0.717) is 5.56 Å². The van der Waals surface area contributed by atoms with Crippen LogP contribution in [0.4, 0.5) is 0 Å². The van der Waals surface area contributed by atoms with Gasteiger partial charge in [0.25, 0.3) is 5.91 Å². The van der Waals surface area contributed by atoms with Crippen LogP contribution < -0.4 is 10.1 Å². The summed E-state index contributed by atoms with van der Waals surface area (Å²) in [6.45, 7) is 8.29. The fraction of sp³-hybridized carbons (Fsp3) is 0.417. The lowest BCUT2D eigenvalue weighted by Crippen LogP contribution is -2.34. The number of amides is 1. The molecule has 0 saturated carbocycles. The van der Waals surface area contributed by atoms with E-state index in [4.69, 9.17) is 4.74 Å². The van der Waals surface area contributed by atoms with Gasteiger partial charge in [0.15, 0.2) is 0 Å². The summed E-state index contributed by atoms with van der Waals surface area (Å²) >= 11 is 1.61. The van der Waals surface area contributed by atoms with E-state index in [2.05, 4.69) is 28.7 Å². The summed E-state index contributed by atoms with van der Waals surface area (Å²) < 4.78 is 7.41. The number of unbranched alkanes of at least 4 members (excludes halogenated alkanes) is 1. The molecule has 6 heteroatoms. The van der Waals surface area contributed by atoms with Crippen LogP contribution in [-0.2, 0) is 0 Å². The van der Waals surface area contributed by atoms with Crippen LogP contribution in [0.5, 0.6) is 5.75 Å². The highest BCUT2D eigenvalue weighted by Crippen LogP contribution is 2.31. The van der Waals surface area contributed by atoms with Gasteiger partial charge in [-0.25, -0.2) is 4.98 Å². The predicted octanol–water partition coefficient (Wildman–Crippen LogP) is 5.92. The number of carbonyl (C=O) groups is 1. The minimum absolute atomic E-state index is 0.0177. The highest BCUT2D eigenvalue weighted by Gasteiger charge is 2.22. The minimum Gasteiger partial charge on any atom is -0.497 e. The summed E-state index contributed by atoms with van der Waals surface area (Å²) in [7, 11) is 1.66. The standard InChI is InChI=1S/C24H31N3O2S/c1-6-8-9-18(7-2)26-24(28)21-14-23(22-15-30-17(4)25-22)27(16(21)3)19-10-12-20(29-5)13-11-19/h10-15,18H,6-9H2,1-5H3,(H,26,28). The molecule has 0 saturated heterocycles. The molecule has 1 atom stereocenters. The third kappa shape index (κ3) is 4.75. The van der Waals surface area contributed by atoms with Crippen molar-refractivity contribution in [3.63, 3.8) is 0 Å². The van der Waals surface area contributed by atoms with Gasteiger partial charge in [0.1, 0.15) is 5.75 Å². The summed E-state index contributed by atoms with van der Waals surface area (Å²) in [5.41, 5.74) is 4.39. The zero-order valence-corrected chi connectivity index (χ0v) is 19.3. The number of nitrogens with one attached hydrogen (secondary N) is 1. The number of hydrogen-bond donors (Lipinski definition) is 1. The number of carbonyl (C=O) groups excluding carboxylic acids is 1. The van der Waals surface area contributed by atoms with Gasteiger partial charge in [-0.1, -0.05) is 26.7 Å². The first-order valence-electron chi connectivity index (χ1n) is 10.6. The minimum atomic E-state index is -0.0177. The first-order valence-corrected chi connectivity index (χ1v) is 11.5.